The van der Waals surface area contributed by atoms with Crippen LogP contribution < -0.4 is 11.1 Å². The van der Waals surface area contributed by atoms with Crippen molar-refractivity contribution in [3.63, 3.8) is 0 Å². The van der Waals surface area contributed by atoms with Crippen LogP contribution in [0, 0.1) is 6.92 Å². The van der Waals surface area contributed by atoms with Gasteiger partial charge in [0.2, 0.25) is 11.9 Å². The summed E-state index contributed by atoms with van der Waals surface area (Å²) in [5.41, 5.74) is 6.09. The highest BCUT2D eigenvalue weighted by Crippen LogP contribution is 2.06. The second-order valence-electron chi connectivity index (χ2n) is 2.43. The maximum atomic E-state index is 10.6. The van der Waals surface area contributed by atoms with Gasteiger partial charge in [-0.15, -0.1) is 0 Å². The zero-order valence-corrected chi connectivity index (χ0v) is 6.96. The lowest BCUT2D eigenvalue weighted by molar-refractivity contribution is -0.114. The van der Waals surface area contributed by atoms with Crippen LogP contribution in [0.25, 0.3) is 0 Å². The predicted molar refractivity (Wildman–Crippen MR) is 45.5 cm³/mol. The number of hydrogen-bond acceptors (Lipinski definition) is 4. The number of amides is 1. The number of nitrogens with one attached hydrogen (secondary N) is 1. The number of carbonyl (C=O) groups is 1. The Morgan fingerprint density at radius 2 is 2.25 bits per heavy atom. The van der Waals surface area contributed by atoms with E-state index in [0.717, 1.165) is 5.69 Å². The van der Waals surface area contributed by atoms with Crippen molar-refractivity contribution >= 4 is 17.7 Å². The molecule has 5 nitrogen and oxygen atoms in total. The smallest absolute Gasteiger partial charge is 0.222 e. The number of nitrogens with two attached hydrogens (primary N) is 1. The highest BCUT2D eigenvalue weighted by Gasteiger charge is 1.99. The van der Waals surface area contributed by atoms with Gasteiger partial charge in [-0.1, -0.05) is 0 Å². The Labute approximate surface area is 70.0 Å². The fourth-order valence-corrected chi connectivity index (χ4v) is 0.836. The van der Waals surface area contributed by atoms with Gasteiger partial charge in [0.1, 0.15) is 5.82 Å². The summed E-state index contributed by atoms with van der Waals surface area (Å²) in [6.07, 6.45) is 0. The van der Waals surface area contributed by atoms with Crippen LogP contribution >= 0.6 is 0 Å². The maximum absolute atomic E-state index is 10.6. The molecule has 0 atom stereocenters. The first-order valence-electron chi connectivity index (χ1n) is 3.46. The fourth-order valence-electron chi connectivity index (χ4n) is 0.836. The average Bonchev–Trinajstić information content (AvgIpc) is 1.81. The van der Waals surface area contributed by atoms with E-state index in [1.165, 1.54) is 6.92 Å². The van der Waals surface area contributed by atoms with E-state index in [2.05, 4.69) is 15.3 Å². The van der Waals surface area contributed by atoms with Gasteiger partial charge in [-0.2, -0.15) is 4.98 Å². The molecule has 0 aliphatic rings. The summed E-state index contributed by atoms with van der Waals surface area (Å²) in [7, 11) is 0. The van der Waals surface area contributed by atoms with Crippen molar-refractivity contribution in [2.45, 2.75) is 13.8 Å². The lowest BCUT2D eigenvalue weighted by Crippen LogP contribution is -2.09. The van der Waals surface area contributed by atoms with E-state index >= 15 is 0 Å². The van der Waals surface area contributed by atoms with E-state index in [1.54, 1.807) is 13.0 Å². The van der Waals surface area contributed by atoms with E-state index in [1.807, 2.05) is 0 Å². The Kier molecular flexibility index (Phi) is 2.23. The summed E-state index contributed by atoms with van der Waals surface area (Å²) >= 11 is 0. The molecule has 0 fully saturated rings. The van der Waals surface area contributed by atoms with E-state index in [9.17, 15) is 4.79 Å². The summed E-state index contributed by atoms with van der Waals surface area (Å²) in [6.45, 7) is 3.19. The number of nitrogen functional groups attached to an aromatic ring is 1. The molecule has 0 aromatic carbocycles. The van der Waals surface area contributed by atoms with Crippen molar-refractivity contribution in [1.29, 1.82) is 0 Å². The van der Waals surface area contributed by atoms with Gasteiger partial charge in [0.15, 0.2) is 0 Å². The molecule has 64 valence electrons. The average molecular weight is 166 g/mol. The molecule has 1 rings (SSSR count). The quantitative estimate of drug-likeness (QED) is 0.629. The lowest BCUT2D eigenvalue weighted by atomic mass is 10.4. The van der Waals surface area contributed by atoms with Crippen molar-refractivity contribution in [1.82, 2.24) is 9.97 Å². The largest absolute Gasteiger partial charge is 0.368 e. The molecule has 0 aliphatic heterocycles. The zero-order chi connectivity index (χ0) is 9.14. The third-order valence-corrected chi connectivity index (χ3v) is 1.18. The molecule has 0 saturated carbocycles. The van der Waals surface area contributed by atoms with Crippen LogP contribution in [-0.4, -0.2) is 15.9 Å². The van der Waals surface area contributed by atoms with Gasteiger partial charge < -0.3 is 11.1 Å². The predicted octanol–water partition coefficient (Wildman–Crippen LogP) is 0.326. The van der Waals surface area contributed by atoms with Gasteiger partial charge >= 0.3 is 0 Å². The van der Waals surface area contributed by atoms with Gasteiger partial charge in [-0.05, 0) is 6.92 Å². The minimum Gasteiger partial charge on any atom is -0.368 e. The van der Waals surface area contributed by atoms with Gasteiger partial charge in [0.25, 0.3) is 0 Å². The summed E-state index contributed by atoms with van der Waals surface area (Å²) in [4.78, 5) is 18.3. The number of rotatable bonds is 1. The number of nitrogens with zero attached hydrogens (tertiary/aromatic N) is 2. The Bertz CT molecular complexity index is 290. The van der Waals surface area contributed by atoms with Crippen molar-refractivity contribution < 1.29 is 4.79 Å². The van der Waals surface area contributed by atoms with Crippen molar-refractivity contribution in [2.75, 3.05) is 11.1 Å². The molecule has 1 aromatic heterocycles. The minimum absolute atomic E-state index is 0.166. The van der Waals surface area contributed by atoms with Crippen LogP contribution in [0.1, 0.15) is 12.6 Å². The summed E-state index contributed by atoms with van der Waals surface area (Å²) in [6, 6.07) is 1.65. The summed E-state index contributed by atoms with van der Waals surface area (Å²) < 4.78 is 0. The summed E-state index contributed by atoms with van der Waals surface area (Å²) in [5, 5.41) is 2.52. The lowest BCUT2D eigenvalue weighted by Gasteiger charge is -2.02. The number of carbonyl (C=O) groups excluding carboxylic acids is 1. The molecule has 1 amide bonds. The number of anilines is 2. The molecule has 1 heterocycles. The standard InChI is InChI=1S/C7H10N4O/c1-4-3-6(10-5(2)12)11-7(8)9-4/h3H,1-2H3,(H3,8,9,10,11,12). The van der Waals surface area contributed by atoms with Crippen LogP contribution in [0.3, 0.4) is 0 Å². The highest BCUT2D eigenvalue weighted by molar-refractivity contribution is 5.87. The third-order valence-electron chi connectivity index (χ3n) is 1.18. The van der Waals surface area contributed by atoms with Crippen molar-refractivity contribution in [2.24, 2.45) is 0 Å². The van der Waals surface area contributed by atoms with Crippen molar-refractivity contribution in [3.8, 4) is 0 Å². The first kappa shape index (κ1) is 8.45. The molecular weight excluding hydrogens is 156 g/mol. The van der Waals surface area contributed by atoms with Crippen LogP contribution in [0.4, 0.5) is 11.8 Å². The molecule has 0 spiro atoms. The van der Waals surface area contributed by atoms with Crippen LogP contribution in [0.5, 0.6) is 0 Å². The van der Waals surface area contributed by atoms with E-state index < -0.39 is 0 Å². The van der Waals surface area contributed by atoms with Crippen LogP contribution in [0.15, 0.2) is 6.07 Å². The van der Waals surface area contributed by atoms with Gasteiger partial charge in [0.05, 0.1) is 0 Å². The molecule has 0 bridgehead atoms. The van der Waals surface area contributed by atoms with E-state index in [0.29, 0.717) is 5.82 Å². The molecule has 12 heavy (non-hydrogen) atoms. The Hall–Kier alpha value is -1.65. The molecule has 0 unspecified atom stereocenters. The SMILES string of the molecule is CC(=O)Nc1cc(C)nc(N)n1. The first-order chi connectivity index (χ1) is 5.58. The molecule has 5 heteroatoms. The first-order valence-corrected chi connectivity index (χ1v) is 3.46. The topological polar surface area (TPSA) is 80.9 Å². The molecular formula is C7H10N4O. The molecule has 0 aliphatic carbocycles. The Balaban J connectivity index is 2.93. The third kappa shape index (κ3) is 2.19. The van der Waals surface area contributed by atoms with Gasteiger partial charge in [-0.25, -0.2) is 4.98 Å². The highest BCUT2D eigenvalue weighted by atomic mass is 16.1. The van der Waals surface area contributed by atoms with Crippen molar-refractivity contribution in [3.05, 3.63) is 11.8 Å². The maximum Gasteiger partial charge on any atom is 0.222 e. The number of aryl methyl sites for hydroxylation is 1. The molecule has 1 aromatic rings. The second kappa shape index (κ2) is 3.17. The number of hydrogen-bond donors (Lipinski definition) is 2. The van der Waals surface area contributed by atoms with Crippen LogP contribution in [0.2, 0.25) is 0 Å². The Morgan fingerprint density at radius 1 is 1.58 bits per heavy atom. The normalized spacial score (nSPS) is 9.50. The zero-order valence-electron chi connectivity index (χ0n) is 6.96. The summed E-state index contributed by atoms with van der Waals surface area (Å²) in [5.74, 6) is 0.429. The van der Waals surface area contributed by atoms with Gasteiger partial charge in [-0.3, -0.25) is 4.79 Å². The Morgan fingerprint density at radius 3 is 2.75 bits per heavy atom. The van der Waals surface area contributed by atoms with Gasteiger partial charge in [0, 0.05) is 18.7 Å². The molecule has 0 radical (unpaired) electrons. The van der Waals surface area contributed by atoms with E-state index in [-0.39, 0.29) is 11.9 Å². The number of aromatic nitrogens is 2. The van der Waals surface area contributed by atoms with Crippen LogP contribution in [-0.2, 0) is 4.79 Å². The molecule has 0 saturated heterocycles. The minimum atomic E-state index is -0.174. The monoisotopic (exact) mass is 166 g/mol. The van der Waals surface area contributed by atoms with E-state index in [4.69, 9.17) is 5.73 Å². The second-order valence-corrected chi connectivity index (χ2v) is 2.43. The molecule has 3 N–H and O–H groups in total. The fraction of sp³-hybridized carbons (Fsp3) is 0.286.